The van der Waals surface area contributed by atoms with Crippen molar-refractivity contribution in [1.82, 2.24) is 16.0 Å². The van der Waals surface area contributed by atoms with Crippen molar-refractivity contribution < 1.29 is 39.3 Å². The zero-order valence-electron chi connectivity index (χ0n) is 19.0. The summed E-state index contributed by atoms with van der Waals surface area (Å²) in [6.45, 7) is 6.26. The number of rotatable bonds is 15. The molecule has 184 valence electrons. The van der Waals surface area contributed by atoms with E-state index < -0.39 is 66.9 Å². The first-order valence-electron chi connectivity index (χ1n) is 10.6. The summed E-state index contributed by atoms with van der Waals surface area (Å²) in [6.07, 6.45) is 0.263. The van der Waals surface area contributed by atoms with Gasteiger partial charge in [0, 0.05) is 6.42 Å². The van der Waals surface area contributed by atoms with Crippen LogP contribution in [-0.2, 0) is 24.0 Å². The van der Waals surface area contributed by atoms with Gasteiger partial charge in [-0.1, -0.05) is 40.5 Å². The van der Waals surface area contributed by atoms with E-state index in [1.807, 2.05) is 0 Å². The molecule has 3 amide bonds. The molecule has 0 saturated carbocycles. The zero-order valence-corrected chi connectivity index (χ0v) is 19.0. The molecule has 0 heterocycles. The molecular formula is C20H36N4O8. The quantitative estimate of drug-likeness (QED) is 0.156. The number of hydrogen-bond donors (Lipinski definition) is 7. The molecule has 32 heavy (non-hydrogen) atoms. The summed E-state index contributed by atoms with van der Waals surface area (Å²) in [5.41, 5.74) is 5.43. The van der Waals surface area contributed by atoms with Crippen LogP contribution in [0, 0.1) is 11.8 Å². The minimum absolute atomic E-state index is 0.273. The highest BCUT2D eigenvalue weighted by molar-refractivity contribution is 5.94. The monoisotopic (exact) mass is 460 g/mol. The molecule has 0 saturated heterocycles. The number of aliphatic hydroxyl groups excluding tert-OH is 1. The van der Waals surface area contributed by atoms with Gasteiger partial charge in [-0.25, -0.2) is 4.79 Å². The smallest absolute Gasteiger partial charge is 0.326 e. The Balaban J connectivity index is 5.61. The molecule has 0 radical (unpaired) electrons. The predicted molar refractivity (Wildman–Crippen MR) is 114 cm³/mol. The summed E-state index contributed by atoms with van der Waals surface area (Å²) < 4.78 is 0. The normalized spacial score (nSPS) is 16.6. The minimum Gasteiger partial charge on any atom is -0.481 e. The maximum atomic E-state index is 12.9. The molecule has 0 aromatic heterocycles. The third-order valence-electron chi connectivity index (χ3n) is 5.38. The fourth-order valence-electron chi connectivity index (χ4n) is 2.78. The number of aliphatic hydroxyl groups is 1. The van der Waals surface area contributed by atoms with Gasteiger partial charge in [0.25, 0.3) is 0 Å². The van der Waals surface area contributed by atoms with Crippen molar-refractivity contribution in [2.45, 2.75) is 77.5 Å². The molecule has 0 rings (SSSR count). The maximum Gasteiger partial charge on any atom is 0.326 e. The summed E-state index contributed by atoms with van der Waals surface area (Å²) in [5, 5.41) is 34.6. The molecule has 0 fully saturated rings. The Morgan fingerprint density at radius 2 is 1.31 bits per heavy atom. The SMILES string of the molecule is CCC(C)C(NC(=O)C(NC(=O)C(CCC(=O)O)NC(=O)C(N)CO)C(C)CC)C(=O)O. The number of amides is 3. The van der Waals surface area contributed by atoms with Crippen molar-refractivity contribution in [3.05, 3.63) is 0 Å². The molecule has 6 atom stereocenters. The second kappa shape index (κ2) is 14.4. The lowest BCUT2D eigenvalue weighted by atomic mass is 9.95. The number of aliphatic carboxylic acids is 2. The van der Waals surface area contributed by atoms with Gasteiger partial charge in [-0.2, -0.15) is 0 Å². The Kier molecular flexibility index (Phi) is 13.1. The summed E-state index contributed by atoms with van der Waals surface area (Å²) in [6, 6.07) is -4.90. The van der Waals surface area contributed by atoms with E-state index in [1.165, 1.54) is 0 Å². The number of nitrogens with one attached hydrogen (secondary N) is 3. The zero-order chi connectivity index (χ0) is 25.0. The summed E-state index contributed by atoms with van der Waals surface area (Å²) in [4.78, 5) is 60.2. The fourth-order valence-corrected chi connectivity index (χ4v) is 2.78. The lowest BCUT2D eigenvalue weighted by Gasteiger charge is -2.29. The lowest BCUT2D eigenvalue weighted by molar-refractivity contribution is -0.144. The molecule has 8 N–H and O–H groups in total. The number of carbonyl (C=O) groups is 5. The lowest BCUT2D eigenvalue weighted by Crippen LogP contribution is -2.59. The fraction of sp³-hybridized carbons (Fsp3) is 0.750. The molecule has 12 nitrogen and oxygen atoms in total. The van der Waals surface area contributed by atoms with E-state index in [-0.39, 0.29) is 18.3 Å². The standard InChI is InChI=1S/C20H36N4O8/c1-5-10(3)15(19(30)24-16(20(31)32)11(4)6-2)23-18(29)13(7-8-14(26)27)22-17(28)12(21)9-25/h10-13,15-16,25H,5-9,21H2,1-4H3,(H,22,28)(H,23,29)(H,24,30)(H,26,27)(H,31,32). The minimum atomic E-state index is -1.32. The van der Waals surface area contributed by atoms with E-state index >= 15 is 0 Å². The Morgan fingerprint density at radius 3 is 1.75 bits per heavy atom. The van der Waals surface area contributed by atoms with Gasteiger partial charge in [-0.05, 0) is 18.3 Å². The number of carbonyl (C=O) groups excluding carboxylic acids is 3. The Labute approximate surface area is 187 Å². The Bertz CT molecular complexity index is 672. The van der Waals surface area contributed by atoms with E-state index in [0.717, 1.165) is 0 Å². The van der Waals surface area contributed by atoms with Crippen LogP contribution in [0.3, 0.4) is 0 Å². The van der Waals surface area contributed by atoms with Crippen LogP contribution in [0.4, 0.5) is 0 Å². The average Bonchev–Trinajstić information content (AvgIpc) is 2.75. The molecule has 0 bridgehead atoms. The van der Waals surface area contributed by atoms with Gasteiger partial charge in [0.1, 0.15) is 24.2 Å². The van der Waals surface area contributed by atoms with Gasteiger partial charge in [0.15, 0.2) is 0 Å². The van der Waals surface area contributed by atoms with Gasteiger partial charge in [-0.15, -0.1) is 0 Å². The van der Waals surface area contributed by atoms with Crippen LogP contribution in [0.5, 0.6) is 0 Å². The van der Waals surface area contributed by atoms with E-state index in [9.17, 15) is 29.1 Å². The molecule has 0 spiro atoms. The van der Waals surface area contributed by atoms with Gasteiger partial charge in [0.05, 0.1) is 6.61 Å². The molecule has 0 aliphatic heterocycles. The maximum absolute atomic E-state index is 12.9. The molecule has 0 aromatic rings. The molecule has 0 aromatic carbocycles. The van der Waals surface area contributed by atoms with Gasteiger partial charge in [0.2, 0.25) is 17.7 Å². The molecule has 0 aliphatic carbocycles. The molecule has 6 unspecified atom stereocenters. The third-order valence-corrected chi connectivity index (χ3v) is 5.38. The summed E-state index contributed by atoms with van der Waals surface area (Å²) >= 11 is 0. The highest BCUT2D eigenvalue weighted by Crippen LogP contribution is 2.13. The number of nitrogens with two attached hydrogens (primary N) is 1. The summed E-state index contributed by atoms with van der Waals surface area (Å²) in [5.74, 6) is -5.51. The third kappa shape index (κ3) is 9.60. The van der Waals surface area contributed by atoms with Gasteiger partial charge >= 0.3 is 11.9 Å². The van der Waals surface area contributed by atoms with Crippen molar-refractivity contribution >= 4 is 29.7 Å². The topological polar surface area (TPSA) is 208 Å². The van der Waals surface area contributed by atoms with Crippen LogP contribution in [0.15, 0.2) is 0 Å². The second-order valence-corrected chi connectivity index (χ2v) is 7.86. The molecular weight excluding hydrogens is 424 g/mol. The highest BCUT2D eigenvalue weighted by atomic mass is 16.4. The Morgan fingerprint density at radius 1 is 0.812 bits per heavy atom. The van der Waals surface area contributed by atoms with E-state index in [0.29, 0.717) is 12.8 Å². The van der Waals surface area contributed by atoms with Crippen LogP contribution in [0.1, 0.15) is 53.4 Å². The van der Waals surface area contributed by atoms with Crippen LogP contribution >= 0.6 is 0 Å². The van der Waals surface area contributed by atoms with Crippen molar-refractivity contribution in [2.75, 3.05) is 6.61 Å². The second-order valence-electron chi connectivity index (χ2n) is 7.86. The highest BCUT2D eigenvalue weighted by Gasteiger charge is 2.34. The first-order chi connectivity index (χ1) is 14.9. The van der Waals surface area contributed by atoms with Crippen molar-refractivity contribution in [2.24, 2.45) is 17.6 Å². The van der Waals surface area contributed by atoms with Crippen molar-refractivity contribution in [3.63, 3.8) is 0 Å². The average molecular weight is 461 g/mol. The van der Waals surface area contributed by atoms with Gasteiger partial charge in [-0.3, -0.25) is 19.2 Å². The van der Waals surface area contributed by atoms with Crippen LogP contribution in [0.25, 0.3) is 0 Å². The van der Waals surface area contributed by atoms with Crippen molar-refractivity contribution in [3.8, 4) is 0 Å². The first kappa shape index (κ1) is 29.3. The first-order valence-corrected chi connectivity index (χ1v) is 10.6. The molecule has 0 aliphatic rings. The number of carboxylic acid groups (broad SMARTS) is 2. The van der Waals surface area contributed by atoms with E-state index in [4.69, 9.17) is 15.9 Å². The Hall–Kier alpha value is -2.73. The molecule has 12 heteroatoms. The number of hydrogen-bond acceptors (Lipinski definition) is 7. The van der Waals surface area contributed by atoms with Gasteiger partial charge < -0.3 is 37.0 Å². The van der Waals surface area contributed by atoms with Crippen molar-refractivity contribution in [1.29, 1.82) is 0 Å². The van der Waals surface area contributed by atoms with Crippen LogP contribution in [0.2, 0.25) is 0 Å². The predicted octanol–water partition coefficient (Wildman–Crippen LogP) is -1.20. The van der Waals surface area contributed by atoms with Crippen LogP contribution in [-0.4, -0.2) is 75.8 Å². The van der Waals surface area contributed by atoms with Crippen LogP contribution < -0.4 is 21.7 Å². The number of carboxylic acids is 2. The van der Waals surface area contributed by atoms with E-state index in [2.05, 4.69) is 16.0 Å². The largest absolute Gasteiger partial charge is 0.481 e. The van der Waals surface area contributed by atoms with E-state index in [1.54, 1.807) is 27.7 Å². The summed E-state index contributed by atoms with van der Waals surface area (Å²) in [7, 11) is 0.